The third-order valence-electron chi connectivity index (χ3n) is 11.9. The molecule has 1 nitrogen and oxygen atoms in total. The van der Waals surface area contributed by atoms with Crippen LogP contribution in [-0.2, 0) is 5.41 Å². The summed E-state index contributed by atoms with van der Waals surface area (Å²) in [6.07, 6.45) is 0. The first-order valence-corrected chi connectivity index (χ1v) is 18.9. The maximum atomic E-state index is 2.50. The Hall–Kier alpha value is -6.70. The van der Waals surface area contributed by atoms with E-state index >= 15 is 0 Å². The second kappa shape index (κ2) is 11.7. The van der Waals surface area contributed by atoms with Crippen LogP contribution in [0.15, 0.2) is 188 Å². The molecule has 1 spiro atoms. The third kappa shape index (κ3) is 4.45. The van der Waals surface area contributed by atoms with Gasteiger partial charge in [0.1, 0.15) is 0 Å². The molecule has 0 N–H and O–H groups in total. The third-order valence-corrected chi connectivity index (χ3v) is 11.9. The van der Waals surface area contributed by atoms with Crippen LogP contribution < -0.4 is 4.90 Å². The Labute approximate surface area is 316 Å². The van der Waals surface area contributed by atoms with E-state index in [2.05, 4.69) is 207 Å². The summed E-state index contributed by atoms with van der Waals surface area (Å²) in [4.78, 5) is 2.48. The van der Waals surface area contributed by atoms with Gasteiger partial charge in [0, 0.05) is 5.69 Å². The van der Waals surface area contributed by atoms with Gasteiger partial charge >= 0.3 is 0 Å². The largest absolute Gasteiger partial charge is 0.310 e. The van der Waals surface area contributed by atoms with Crippen LogP contribution >= 0.6 is 0 Å². The van der Waals surface area contributed by atoms with Gasteiger partial charge in [-0.25, -0.2) is 0 Å². The molecule has 0 atom stereocenters. The zero-order valence-corrected chi connectivity index (χ0v) is 30.3. The van der Waals surface area contributed by atoms with E-state index in [0.29, 0.717) is 0 Å². The molecule has 9 aromatic carbocycles. The SMILES string of the molecule is Cc1ccc(N2c3ccccc3C3(c4cc(-c5ccc6ccccc6c5)ccc4-c4ccc(-c5ccc6ccccc6c5)cc43)c3cc(C)ccc32)cc1. The monoisotopic (exact) mass is 687 g/mol. The van der Waals surface area contributed by atoms with Crippen molar-refractivity contribution in [3.8, 4) is 33.4 Å². The summed E-state index contributed by atoms with van der Waals surface area (Å²) in [6.45, 7) is 4.39. The predicted octanol–water partition coefficient (Wildman–Crippen LogP) is 14.1. The Balaban J connectivity index is 1.23. The van der Waals surface area contributed by atoms with Crippen molar-refractivity contribution in [2.24, 2.45) is 0 Å². The first-order chi connectivity index (χ1) is 26.6. The van der Waals surface area contributed by atoms with E-state index in [9.17, 15) is 0 Å². The van der Waals surface area contributed by atoms with Crippen LogP contribution in [0.1, 0.15) is 33.4 Å². The summed E-state index contributed by atoms with van der Waals surface area (Å²) < 4.78 is 0. The number of nitrogens with zero attached hydrogens (tertiary/aromatic N) is 1. The summed E-state index contributed by atoms with van der Waals surface area (Å²) in [5.74, 6) is 0. The highest BCUT2D eigenvalue weighted by Crippen LogP contribution is 2.64. The van der Waals surface area contributed by atoms with Crippen molar-refractivity contribution in [1.29, 1.82) is 0 Å². The fraction of sp³-hybridized carbons (Fsp3) is 0.0566. The van der Waals surface area contributed by atoms with Crippen molar-refractivity contribution >= 4 is 38.6 Å². The molecule has 2 aliphatic rings. The van der Waals surface area contributed by atoms with Crippen molar-refractivity contribution in [3.63, 3.8) is 0 Å². The lowest BCUT2D eigenvalue weighted by Gasteiger charge is -2.45. The molecule has 0 fully saturated rings. The molecule has 11 rings (SSSR count). The van der Waals surface area contributed by atoms with Crippen molar-refractivity contribution in [3.05, 3.63) is 221 Å². The Bertz CT molecular complexity index is 2840. The molecule has 0 radical (unpaired) electrons. The normalized spacial score (nSPS) is 13.5. The van der Waals surface area contributed by atoms with Crippen molar-refractivity contribution in [2.75, 3.05) is 4.90 Å². The van der Waals surface area contributed by atoms with Gasteiger partial charge in [-0.3, -0.25) is 0 Å². The van der Waals surface area contributed by atoms with Gasteiger partial charge in [-0.05, 0) is 140 Å². The smallest absolute Gasteiger partial charge is 0.0754 e. The molecule has 1 heteroatoms. The maximum Gasteiger partial charge on any atom is 0.0754 e. The molecule has 254 valence electrons. The van der Waals surface area contributed by atoms with E-state index < -0.39 is 5.41 Å². The summed E-state index contributed by atoms with van der Waals surface area (Å²) in [7, 11) is 0. The zero-order valence-electron chi connectivity index (χ0n) is 30.3. The van der Waals surface area contributed by atoms with E-state index in [1.807, 2.05) is 0 Å². The Morgan fingerprint density at radius 1 is 0.333 bits per heavy atom. The highest BCUT2D eigenvalue weighted by Gasteiger charge is 2.52. The minimum absolute atomic E-state index is 0.552. The van der Waals surface area contributed by atoms with Crippen LogP contribution in [0.25, 0.3) is 54.9 Å². The molecule has 54 heavy (non-hydrogen) atoms. The van der Waals surface area contributed by atoms with Gasteiger partial charge in [-0.2, -0.15) is 0 Å². The maximum absolute atomic E-state index is 2.50. The molecular formula is C53H37N. The lowest BCUT2D eigenvalue weighted by Crippen LogP contribution is -2.36. The number of hydrogen-bond donors (Lipinski definition) is 0. The highest BCUT2D eigenvalue weighted by atomic mass is 15.2. The highest BCUT2D eigenvalue weighted by molar-refractivity contribution is 5.98. The number of anilines is 3. The molecule has 1 aliphatic heterocycles. The lowest BCUT2D eigenvalue weighted by atomic mass is 9.64. The molecule has 0 amide bonds. The lowest BCUT2D eigenvalue weighted by molar-refractivity contribution is 0.752. The minimum Gasteiger partial charge on any atom is -0.310 e. The first-order valence-electron chi connectivity index (χ1n) is 18.9. The van der Waals surface area contributed by atoms with E-state index in [-0.39, 0.29) is 0 Å². The van der Waals surface area contributed by atoms with E-state index in [1.165, 1.54) is 105 Å². The summed E-state index contributed by atoms with van der Waals surface area (Å²) >= 11 is 0. The van der Waals surface area contributed by atoms with Gasteiger partial charge in [0.2, 0.25) is 0 Å². The van der Waals surface area contributed by atoms with Crippen molar-refractivity contribution < 1.29 is 0 Å². The van der Waals surface area contributed by atoms with Gasteiger partial charge in [0.05, 0.1) is 16.8 Å². The van der Waals surface area contributed by atoms with Crippen LogP contribution in [0.2, 0.25) is 0 Å². The average Bonchev–Trinajstić information content (AvgIpc) is 3.51. The van der Waals surface area contributed by atoms with E-state index in [0.717, 1.165) is 0 Å². The van der Waals surface area contributed by atoms with Crippen molar-refractivity contribution in [2.45, 2.75) is 19.3 Å². The summed E-state index contributed by atoms with van der Waals surface area (Å²) in [5.41, 5.74) is 18.4. The van der Waals surface area contributed by atoms with Crippen LogP contribution in [0.5, 0.6) is 0 Å². The Morgan fingerprint density at radius 3 is 1.43 bits per heavy atom. The second-order valence-electron chi connectivity index (χ2n) is 15.1. The first kappa shape index (κ1) is 30.9. The zero-order chi connectivity index (χ0) is 36.0. The molecule has 0 aromatic heterocycles. The van der Waals surface area contributed by atoms with E-state index in [4.69, 9.17) is 0 Å². The van der Waals surface area contributed by atoms with Gasteiger partial charge in [0.25, 0.3) is 0 Å². The molecule has 1 heterocycles. The van der Waals surface area contributed by atoms with Crippen LogP contribution in [0.4, 0.5) is 17.1 Å². The quantitative estimate of drug-likeness (QED) is 0.179. The summed E-state index contributed by atoms with van der Waals surface area (Å²) in [6, 6.07) is 70.7. The van der Waals surface area contributed by atoms with Gasteiger partial charge in [0.15, 0.2) is 0 Å². The molecule has 0 unspecified atom stereocenters. The van der Waals surface area contributed by atoms with Crippen LogP contribution in [0, 0.1) is 13.8 Å². The number of para-hydroxylation sites is 1. The minimum atomic E-state index is -0.552. The number of hydrogen-bond acceptors (Lipinski definition) is 1. The number of fused-ring (bicyclic) bond motifs is 11. The fourth-order valence-corrected chi connectivity index (χ4v) is 9.38. The van der Waals surface area contributed by atoms with Gasteiger partial charge in [-0.1, -0.05) is 151 Å². The van der Waals surface area contributed by atoms with Crippen molar-refractivity contribution in [1.82, 2.24) is 0 Å². The predicted molar refractivity (Wildman–Crippen MR) is 227 cm³/mol. The second-order valence-corrected chi connectivity index (χ2v) is 15.1. The molecule has 0 saturated heterocycles. The molecule has 0 bridgehead atoms. The number of aryl methyl sites for hydroxylation is 2. The molecule has 1 aliphatic carbocycles. The molecule has 9 aromatic rings. The average molecular weight is 688 g/mol. The standard InChI is InChI=1S/C53H37N/c1-34-15-24-44(25-16-34)54-51-14-8-7-13-47(51)53(50-29-35(2)17-28-52(50)54)48-32-42(40-20-18-36-9-3-5-11-38(36)30-40)22-26-45(48)46-27-23-43(33-49(46)53)41-21-19-37-10-4-6-12-39(37)31-41/h3-33H,1-2H3. The Morgan fingerprint density at radius 2 is 0.815 bits per heavy atom. The topological polar surface area (TPSA) is 3.24 Å². The van der Waals surface area contributed by atoms with Crippen LogP contribution in [-0.4, -0.2) is 0 Å². The number of benzene rings is 9. The van der Waals surface area contributed by atoms with Gasteiger partial charge in [-0.15, -0.1) is 0 Å². The fourth-order valence-electron chi connectivity index (χ4n) is 9.38. The van der Waals surface area contributed by atoms with E-state index in [1.54, 1.807) is 0 Å². The summed E-state index contributed by atoms with van der Waals surface area (Å²) in [5, 5.41) is 5.03. The molecule has 0 saturated carbocycles. The van der Waals surface area contributed by atoms with Crippen LogP contribution in [0.3, 0.4) is 0 Å². The molecular weight excluding hydrogens is 651 g/mol. The van der Waals surface area contributed by atoms with Gasteiger partial charge < -0.3 is 4.90 Å². The Kier molecular flexibility index (Phi) is 6.66. The number of rotatable bonds is 3.